The molecule has 1 atom stereocenters. The molecule has 1 aliphatic heterocycles. The van der Waals surface area contributed by atoms with E-state index in [2.05, 4.69) is 11.3 Å². The minimum Gasteiger partial charge on any atom is -0.225 e. The Hall–Kier alpha value is 0.240. The van der Waals surface area contributed by atoms with E-state index in [0.29, 0.717) is 9.72 Å². The lowest BCUT2D eigenvalue weighted by Gasteiger charge is -1.88. The molecule has 1 nitrogen and oxygen atoms in total. The van der Waals surface area contributed by atoms with Crippen molar-refractivity contribution in [2.75, 3.05) is 5.75 Å². The van der Waals surface area contributed by atoms with Gasteiger partial charge >= 0.3 is 0 Å². The van der Waals surface area contributed by atoms with Gasteiger partial charge in [0.1, 0.15) is 0 Å². The number of hydrogen-bond acceptors (Lipinski definition) is 2. The summed E-state index contributed by atoms with van der Waals surface area (Å²) in [7, 11) is 2.12. The van der Waals surface area contributed by atoms with Gasteiger partial charge in [0, 0.05) is 17.4 Å². The van der Waals surface area contributed by atoms with Crippen LogP contribution in [0.3, 0.4) is 0 Å². The van der Waals surface area contributed by atoms with Crippen molar-refractivity contribution in [3.63, 3.8) is 0 Å². The fourth-order valence-electron chi connectivity index (χ4n) is 0.349. The second kappa shape index (κ2) is 2.52. The zero-order chi connectivity index (χ0) is 5.11. The molecule has 1 rings (SSSR count). The van der Waals surface area contributed by atoms with Crippen molar-refractivity contribution < 1.29 is 0 Å². The monoisotopic (exact) mass is 133 g/mol. The number of rotatable bonds is 1. The van der Waals surface area contributed by atoms with Crippen molar-refractivity contribution >= 4 is 20.5 Å². The molecule has 1 heterocycles. The summed E-state index contributed by atoms with van der Waals surface area (Å²) in [5.74, 6) is 1.18. The maximum Gasteiger partial charge on any atom is 0.0423 e. The van der Waals surface area contributed by atoms with Gasteiger partial charge in [0.2, 0.25) is 0 Å². The summed E-state index contributed by atoms with van der Waals surface area (Å²) in [4.78, 5) is 0. The SMILES string of the molecule is CCS1=NC=CS1. The van der Waals surface area contributed by atoms with E-state index in [1.807, 2.05) is 22.4 Å². The summed E-state index contributed by atoms with van der Waals surface area (Å²) in [5, 5.41) is 2.05. The van der Waals surface area contributed by atoms with E-state index in [9.17, 15) is 0 Å². The molecule has 0 saturated carbocycles. The van der Waals surface area contributed by atoms with Gasteiger partial charge in [-0.05, 0) is 9.72 Å². The molecule has 1 unspecified atom stereocenters. The van der Waals surface area contributed by atoms with Crippen molar-refractivity contribution in [1.29, 1.82) is 0 Å². The van der Waals surface area contributed by atoms with Gasteiger partial charge in [0.05, 0.1) is 0 Å². The summed E-state index contributed by atoms with van der Waals surface area (Å²) in [6.07, 6.45) is 1.89. The molecule has 0 aromatic carbocycles. The minimum atomic E-state index is 0.296. The highest BCUT2D eigenvalue weighted by Gasteiger charge is 1.92. The van der Waals surface area contributed by atoms with E-state index >= 15 is 0 Å². The van der Waals surface area contributed by atoms with E-state index in [1.54, 1.807) is 0 Å². The van der Waals surface area contributed by atoms with Gasteiger partial charge in [-0.2, -0.15) is 0 Å². The van der Waals surface area contributed by atoms with Crippen LogP contribution in [0, 0.1) is 0 Å². The molecule has 0 aromatic heterocycles. The van der Waals surface area contributed by atoms with Gasteiger partial charge in [-0.25, -0.2) is 4.36 Å². The highest BCUT2D eigenvalue weighted by molar-refractivity contribution is 8.71. The molecule has 0 aliphatic carbocycles. The average molecular weight is 133 g/mol. The topological polar surface area (TPSA) is 12.4 Å². The Kier molecular flexibility index (Phi) is 1.94. The molecule has 0 N–H and O–H groups in total. The predicted molar refractivity (Wildman–Crippen MR) is 37.1 cm³/mol. The first-order valence-corrected chi connectivity index (χ1v) is 4.92. The van der Waals surface area contributed by atoms with Crippen LogP contribution in [0.1, 0.15) is 6.92 Å². The quantitative estimate of drug-likeness (QED) is 0.498. The molecule has 3 heteroatoms. The van der Waals surface area contributed by atoms with E-state index in [-0.39, 0.29) is 0 Å². The lowest BCUT2D eigenvalue weighted by atomic mass is 11.0. The first kappa shape index (κ1) is 5.38. The third-order valence-corrected chi connectivity index (χ3v) is 3.92. The lowest BCUT2D eigenvalue weighted by Crippen LogP contribution is -1.77. The highest BCUT2D eigenvalue weighted by Crippen LogP contribution is 2.18. The Morgan fingerprint density at radius 3 is 3.00 bits per heavy atom. The Bertz CT molecular complexity index is 117. The van der Waals surface area contributed by atoms with E-state index in [1.165, 1.54) is 5.75 Å². The Labute approximate surface area is 49.7 Å². The van der Waals surface area contributed by atoms with Gasteiger partial charge < -0.3 is 0 Å². The minimum absolute atomic E-state index is 0.296. The van der Waals surface area contributed by atoms with Crippen LogP contribution in [0.5, 0.6) is 0 Å². The molecule has 0 radical (unpaired) electrons. The van der Waals surface area contributed by atoms with Crippen LogP contribution >= 0.6 is 10.8 Å². The van der Waals surface area contributed by atoms with Crippen molar-refractivity contribution in [3.8, 4) is 0 Å². The first-order valence-electron chi connectivity index (χ1n) is 2.17. The molecule has 0 aromatic rings. The molecule has 40 valence electrons. The van der Waals surface area contributed by atoms with Gasteiger partial charge in [0.15, 0.2) is 0 Å². The summed E-state index contributed by atoms with van der Waals surface area (Å²) < 4.78 is 4.16. The second-order valence-corrected chi connectivity index (χ2v) is 4.72. The van der Waals surface area contributed by atoms with Crippen LogP contribution in [0.25, 0.3) is 0 Å². The van der Waals surface area contributed by atoms with Crippen LogP contribution in [0.15, 0.2) is 16.0 Å². The number of nitrogens with zero attached hydrogens (tertiary/aromatic N) is 1. The highest BCUT2D eigenvalue weighted by atomic mass is 33.1. The standard InChI is InChI=1S/C4H7NS2/c1-2-7-5-3-4-6-7/h3-4H,2H2,1H3. The molecule has 0 bridgehead atoms. The molecular formula is C4H7NS2. The average Bonchev–Trinajstić information content (AvgIpc) is 2.14. The van der Waals surface area contributed by atoms with Crippen LogP contribution < -0.4 is 0 Å². The van der Waals surface area contributed by atoms with Crippen LogP contribution in [0.4, 0.5) is 0 Å². The largest absolute Gasteiger partial charge is 0.225 e. The van der Waals surface area contributed by atoms with Gasteiger partial charge in [-0.3, -0.25) is 0 Å². The molecule has 7 heavy (non-hydrogen) atoms. The van der Waals surface area contributed by atoms with Gasteiger partial charge in [-0.15, -0.1) is 0 Å². The molecule has 1 aliphatic rings. The van der Waals surface area contributed by atoms with Crippen molar-refractivity contribution in [3.05, 3.63) is 11.6 Å². The maximum absolute atomic E-state index is 4.16. The summed E-state index contributed by atoms with van der Waals surface area (Å²) >= 11 is 0. The normalized spacial score (nSPS) is 27.9. The molecule has 0 saturated heterocycles. The van der Waals surface area contributed by atoms with Crippen LogP contribution in [-0.2, 0) is 9.72 Å². The summed E-state index contributed by atoms with van der Waals surface area (Å²) in [6, 6.07) is 0. The van der Waals surface area contributed by atoms with E-state index in [4.69, 9.17) is 0 Å². The Morgan fingerprint density at radius 2 is 2.71 bits per heavy atom. The fourth-order valence-corrected chi connectivity index (χ4v) is 2.44. The lowest BCUT2D eigenvalue weighted by molar-refractivity contribution is 1.51. The molecular weight excluding hydrogens is 126 g/mol. The fraction of sp³-hybridized carbons (Fsp3) is 0.500. The smallest absolute Gasteiger partial charge is 0.0423 e. The van der Waals surface area contributed by atoms with Crippen molar-refractivity contribution in [2.45, 2.75) is 6.92 Å². The Balaban J connectivity index is 2.45. The van der Waals surface area contributed by atoms with Crippen LogP contribution in [0.2, 0.25) is 0 Å². The van der Waals surface area contributed by atoms with Crippen LogP contribution in [-0.4, -0.2) is 5.75 Å². The van der Waals surface area contributed by atoms with Crippen molar-refractivity contribution in [2.24, 2.45) is 4.36 Å². The second-order valence-electron chi connectivity index (χ2n) is 1.10. The van der Waals surface area contributed by atoms with E-state index in [0.717, 1.165) is 0 Å². The third-order valence-electron chi connectivity index (χ3n) is 0.653. The first-order chi connectivity index (χ1) is 3.43. The number of hydrogen-bond donors (Lipinski definition) is 0. The van der Waals surface area contributed by atoms with Gasteiger partial charge in [-0.1, -0.05) is 17.7 Å². The van der Waals surface area contributed by atoms with Gasteiger partial charge in [0.25, 0.3) is 0 Å². The maximum atomic E-state index is 4.16. The zero-order valence-corrected chi connectivity index (χ0v) is 5.76. The zero-order valence-electron chi connectivity index (χ0n) is 4.13. The van der Waals surface area contributed by atoms with E-state index < -0.39 is 0 Å². The molecule has 0 spiro atoms. The summed E-state index contributed by atoms with van der Waals surface area (Å²) in [6.45, 7) is 2.16. The molecule has 0 fully saturated rings. The van der Waals surface area contributed by atoms with Crippen molar-refractivity contribution in [1.82, 2.24) is 0 Å². The summed E-state index contributed by atoms with van der Waals surface area (Å²) in [5.41, 5.74) is 0. The Morgan fingerprint density at radius 1 is 1.86 bits per heavy atom. The third kappa shape index (κ3) is 1.31. The predicted octanol–water partition coefficient (Wildman–Crippen LogP) is 1.94. The molecule has 0 amide bonds.